The van der Waals surface area contributed by atoms with E-state index in [0.29, 0.717) is 17.5 Å². The molecule has 4 heteroatoms. The maximum absolute atomic E-state index is 13.5. The van der Waals surface area contributed by atoms with Gasteiger partial charge in [0, 0.05) is 17.5 Å². The lowest BCUT2D eigenvalue weighted by molar-refractivity contribution is 0.0970. The molecule has 1 aromatic rings. The number of hydrogen-bond acceptors (Lipinski definition) is 2. The van der Waals surface area contributed by atoms with Crippen LogP contribution in [0.15, 0.2) is 18.2 Å². The zero-order valence-electron chi connectivity index (χ0n) is 10.2. The van der Waals surface area contributed by atoms with Crippen molar-refractivity contribution in [3.05, 3.63) is 34.6 Å². The molecule has 1 fully saturated rings. The van der Waals surface area contributed by atoms with Gasteiger partial charge in [0.25, 0.3) is 0 Å². The molecule has 18 heavy (non-hydrogen) atoms. The Balaban J connectivity index is 1.90. The summed E-state index contributed by atoms with van der Waals surface area (Å²) in [7, 11) is 0. The second-order valence-electron chi connectivity index (χ2n) is 4.73. The van der Waals surface area contributed by atoms with E-state index in [1.807, 2.05) is 0 Å². The molecule has 1 saturated heterocycles. The van der Waals surface area contributed by atoms with Crippen LogP contribution in [0.3, 0.4) is 0 Å². The summed E-state index contributed by atoms with van der Waals surface area (Å²) in [5.41, 5.74) is 0.148. The van der Waals surface area contributed by atoms with E-state index in [9.17, 15) is 9.18 Å². The molecule has 0 radical (unpaired) electrons. The van der Waals surface area contributed by atoms with Gasteiger partial charge < -0.3 is 5.32 Å². The van der Waals surface area contributed by atoms with Crippen LogP contribution in [0.25, 0.3) is 0 Å². The van der Waals surface area contributed by atoms with E-state index < -0.39 is 5.82 Å². The highest BCUT2D eigenvalue weighted by Crippen LogP contribution is 2.18. The highest BCUT2D eigenvalue weighted by molar-refractivity contribution is 6.30. The highest BCUT2D eigenvalue weighted by atomic mass is 35.5. The summed E-state index contributed by atoms with van der Waals surface area (Å²) in [6.45, 7) is 1.02. The molecule has 1 aliphatic rings. The van der Waals surface area contributed by atoms with Gasteiger partial charge >= 0.3 is 0 Å². The van der Waals surface area contributed by atoms with Crippen molar-refractivity contribution in [3.63, 3.8) is 0 Å². The topological polar surface area (TPSA) is 29.1 Å². The van der Waals surface area contributed by atoms with Crippen molar-refractivity contribution in [1.29, 1.82) is 0 Å². The first-order valence-corrected chi connectivity index (χ1v) is 6.76. The third-order valence-electron chi connectivity index (χ3n) is 3.36. The van der Waals surface area contributed by atoms with Crippen molar-refractivity contribution >= 4 is 17.4 Å². The molecule has 1 aliphatic heterocycles. The average Bonchev–Trinajstić information content (AvgIpc) is 2.37. The van der Waals surface area contributed by atoms with Crippen molar-refractivity contribution in [2.24, 2.45) is 0 Å². The summed E-state index contributed by atoms with van der Waals surface area (Å²) in [4.78, 5) is 11.9. The number of ketones is 1. The van der Waals surface area contributed by atoms with Crippen LogP contribution < -0.4 is 5.32 Å². The van der Waals surface area contributed by atoms with Gasteiger partial charge in [0.15, 0.2) is 5.78 Å². The maximum Gasteiger partial charge on any atom is 0.165 e. The standard InChI is InChI=1S/C14H17ClFNO/c15-10-4-6-12(13(16)9-10)14(18)7-5-11-3-1-2-8-17-11/h4,6,9,11,17H,1-3,5,7-8H2. The molecule has 1 atom stereocenters. The Morgan fingerprint density at radius 3 is 2.94 bits per heavy atom. The highest BCUT2D eigenvalue weighted by Gasteiger charge is 2.16. The molecular formula is C14H17ClFNO. The van der Waals surface area contributed by atoms with Crippen LogP contribution in [-0.4, -0.2) is 18.4 Å². The number of rotatable bonds is 4. The lowest BCUT2D eigenvalue weighted by Crippen LogP contribution is -2.34. The van der Waals surface area contributed by atoms with Gasteiger partial charge in [-0.15, -0.1) is 0 Å². The zero-order valence-corrected chi connectivity index (χ0v) is 11.0. The van der Waals surface area contributed by atoms with E-state index >= 15 is 0 Å². The molecule has 2 rings (SSSR count). The summed E-state index contributed by atoms with van der Waals surface area (Å²) >= 11 is 5.66. The average molecular weight is 270 g/mol. The van der Waals surface area contributed by atoms with Gasteiger partial charge in [-0.1, -0.05) is 18.0 Å². The first kappa shape index (κ1) is 13.5. The molecule has 1 N–H and O–H groups in total. The molecule has 0 aromatic heterocycles. The van der Waals surface area contributed by atoms with Crippen molar-refractivity contribution in [2.45, 2.75) is 38.1 Å². The van der Waals surface area contributed by atoms with Gasteiger partial charge in [0.1, 0.15) is 5.82 Å². The Morgan fingerprint density at radius 1 is 1.44 bits per heavy atom. The number of Topliss-reactive ketones (excluding diaryl/α,β-unsaturated/α-hetero) is 1. The Kier molecular flexibility index (Phi) is 4.72. The van der Waals surface area contributed by atoms with Gasteiger partial charge in [-0.05, 0) is 44.0 Å². The zero-order chi connectivity index (χ0) is 13.0. The largest absolute Gasteiger partial charge is 0.314 e. The number of piperidine rings is 1. The summed E-state index contributed by atoms with van der Waals surface area (Å²) < 4.78 is 13.5. The first-order chi connectivity index (χ1) is 8.66. The monoisotopic (exact) mass is 269 g/mol. The molecule has 1 unspecified atom stereocenters. The van der Waals surface area contributed by atoms with Gasteiger partial charge in [0.05, 0.1) is 5.56 Å². The van der Waals surface area contributed by atoms with Gasteiger partial charge in [0.2, 0.25) is 0 Å². The van der Waals surface area contributed by atoms with E-state index in [-0.39, 0.29) is 11.3 Å². The molecule has 1 heterocycles. The Labute approximate surface area is 112 Å². The van der Waals surface area contributed by atoms with E-state index in [4.69, 9.17) is 11.6 Å². The minimum absolute atomic E-state index is 0.142. The van der Waals surface area contributed by atoms with Crippen molar-refractivity contribution in [3.8, 4) is 0 Å². The quantitative estimate of drug-likeness (QED) is 0.847. The second kappa shape index (κ2) is 6.30. The van der Waals surface area contributed by atoms with Crippen molar-refractivity contribution < 1.29 is 9.18 Å². The fraction of sp³-hybridized carbons (Fsp3) is 0.500. The van der Waals surface area contributed by atoms with Crippen LogP contribution in [0.5, 0.6) is 0 Å². The van der Waals surface area contributed by atoms with E-state index in [1.165, 1.54) is 25.0 Å². The van der Waals surface area contributed by atoms with Crippen LogP contribution in [0.1, 0.15) is 42.5 Å². The molecular weight excluding hydrogens is 253 g/mol. The summed E-state index contributed by atoms with van der Waals surface area (Å²) in [5, 5.41) is 3.70. The molecule has 2 nitrogen and oxygen atoms in total. The van der Waals surface area contributed by atoms with E-state index in [2.05, 4.69) is 5.32 Å². The third-order valence-corrected chi connectivity index (χ3v) is 3.60. The number of carbonyl (C=O) groups is 1. The second-order valence-corrected chi connectivity index (χ2v) is 5.17. The van der Waals surface area contributed by atoms with E-state index in [0.717, 1.165) is 19.4 Å². The number of carbonyl (C=O) groups excluding carboxylic acids is 1. The van der Waals surface area contributed by atoms with Gasteiger partial charge in [-0.3, -0.25) is 4.79 Å². The fourth-order valence-electron chi connectivity index (χ4n) is 2.33. The van der Waals surface area contributed by atoms with Crippen LogP contribution in [0, 0.1) is 5.82 Å². The Bertz CT molecular complexity index is 430. The molecule has 0 aliphatic carbocycles. The summed E-state index contributed by atoms with van der Waals surface area (Å²) in [6, 6.07) is 4.61. The predicted molar refractivity (Wildman–Crippen MR) is 70.6 cm³/mol. The molecule has 1 aromatic carbocycles. The normalized spacial score (nSPS) is 19.8. The third kappa shape index (κ3) is 3.53. The molecule has 0 spiro atoms. The van der Waals surface area contributed by atoms with Gasteiger partial charge in [-0.2, -0.15) is 0 Å². The van der Waals surface area contributed by atoms with Crippen LogP contribution in [0.2, 0.25) is 5.02 Å². The summed E-state index contributed by atoms with van der Waals surface area (Å²) in [5.74, 6) is -0.666. The first-order valence-electron chi connectivity index (χ1n) is 6.38. The fourth-order valence-corrected chi connectivity index (χ4v) is 2.48. The van der Waals surface area contributed by atoms with Crippen LogP contribution >= 0.6 is 11.6 Å². The molecule has 0 amide bonds. The lowest BCUT2D eigenvalue weighted by Gasteiger charge is -2.23. The minimum Gasteiger partial charge on any atom is -0.314 e. The number of benzene rings is 1. The SMILES string of the molecule is O=C(CCC1CCCCN1)c1ccc(Cl)cc1F. The minimum atomic E-state index is -0.524. The number of hydrogen-bond donors (Lipinski definition) is 1. The molecule has 0 saturated carbocycles. The van der Waals surface area contributed by atoms with Crippen molar-refractivity contribution in [2.75, 3.05) is 6.54 Å². The number of nitrogens with one attached hydrogen (secondary N) is 1. The Hall–Kier alpha value is -0.930. The maximum atomic E-state index is 13.5. The summed E-state index contributed by atoms with van der Waals surface area (Å²) in [6.07, 6.45) is 4.69. The predicted octanol–water partition coefficient (Wildman–Crippen LogP) is 3.58. The lowest BCUT2D eigenvalue weighted by atomic mass is 9.97. The van der Waals surface area contributed by atoms with Crippen LogP contribution in [-0.2, 0) is 0 Å². The van der Waals surface area contributed by atoms with Crippen molar-refractivity contribution in [1.82, 2.24) is 5.32 Å². The van der Waals surface area contributed by atoms with Crippen LogP contribution in [0.4, 0.5) is 4.39 Å². The molecule has 0 bridgehead atoms. The van der Waals surface area contributed by atoms with Gasteiger partial charge in [-0.25, -0.2) is 4.39 Å². The smallest absolute Gasteiger partial charge is 0.165 e. The molecule has 98 valence electrons. The number of halogens is 2. The Morgan fingerprint density at radius 2 is 2.28 bits per heavy atom. The van der Waals surface area contributed by atoms with E-state index in [1.54, 1.807) is 6.07 Å².